The standard InChI is InChI=1S/C31H38N4O4S/c1-4-32-16-18-33(19-17-32)27-10-7-9-24-25(27)22-34(31(24)36)26(23-13-14-28(38-2)29(21-23)39-3)11-8-20-40-30-12-5-6-15-35(30)37/h5-7,9-10,12-15,21-22,26,36H,4,8,11,16-20H2,1-3H3/t26-/m1/s1. The van der Waals surface area contributed by atoms with Crippen molar-refractivity contribution in [3.05, 3.63) is 77.8 Å². The van der Waals surface area contributed by atoms with Gasteiger partial charge in [-0.2, -0.15) is 4.73 Å². The van der Waals surface area contributed by atoms with E-state index in [0.29, 0.717) is 16.5 Å². The number of thioether (sulfide) groups is 1. The van der Waals surface area contributed by atoms with E-state index in [1.807, 2.05) is 47.0 Å². The summed E-state index contributed by atoms with van der Waals surface area (Å²) in [4.78, 5) is 4.90. The molecule has 0 amide bonds. The summed E-state index contributed by atoms with van der Waals surface area (Å²) >= 11 is 1.55. The summed E-state index contributed by atoms with van der Waals surface area (Å²) in [5.74, 6) is 2.36. The number of ether oxygens (including phenoxy) is 2. The molecule has 0 saturated carbocycles. The molecule has 8 nitrogen and oxygen atoms in total. The van der Waals surface area contributed by atoms with Crippen molar-refractivity contribution in [2.75, 3.05) is 57.6 Å². The van der Waals surface area contributed by atoms with Gasteiger partial charge in [0.15, 0.2) is 23.6 Å². The summed E-state index contributed by atoms with van der Waals surface area (Å²) in [7, 11) is 3.27. The Kier molecular flexibility index (Phi) is 8.91. The monoisotopic (exact) mass is 562 g/mol. The smallest absolute Gasteiger partial charge is 0.251 e. The fourth-order valence-electron chi connectivity index (χ4n) is 5.55. The van der Waals surface area contributed by atoms with E-state index in [1.54, 1.807) is 32.0 Å². The fourth-order valence-corrected chi connectivity index (χ4v) is 6.43. The highest BCUT2D eigenvalue weighted by molar-refractivity contribution is 7.99. The largest absolute Gasteiger partial charge is 0.618 e. The van der Waals surface area contributed by atoms with E-state index in [1.165, 1.54) is 6.20 Å². The summed E-state index contributed by atoms with van der Waals surface area (Å²) in [6.45, 7) is 7.29. The van der Waals surface area contributed by atoms with Crippen LogP contribution in [0, 0.1) is 5.21 Å². The van der Waals surface area contributed by atoms with Crippen molar-refractivity contribution < 1.29 is 19.3 Å². The second-order valence-corrected chi connectivity index (χ2v) is 11.1. The van der Waals surface area contributed by atoms with Crippen molar-refractivity contribution in [2.45, 2.75) is 30.8 Å². The van der Waals surface area contributed by atoms with Gasteiger partial charge in [0.25, 0.3) is 5.03 Å². The number of benzene rings is 2. The number of pyridine rings is 1. The molecular weight excluding hydrogens is 524 g/mol. The Hall–Kier alpha value is -3.56. The summed E-state index contributed by atoms with van der Waals surface area (Å²) in [5.41, 5.74) is 2.18. The Balaban J connectivity index is 1.47. The lowest BCUT2D eigenvalue weighted by molar-refractivity contribution is -0.645. The number of hydrogen-bond acceptors (Lipinski definition) is 7. The minimum atomic E-state index is -0.132. The number of piperazine rings is 1. The van der Waals surface area contributed by atoms with Crippen LogP contribution in [0.2, 0.25) is 0 Å². The molecule has 9 heteroatoms. The van der Waals surface area contributed by atoms with Crippen molar-refractivity contribution >= 4 is 28.2 Å². The number of aromatic nitrogens is 2. The Morgan fingerprint density at radius 3 is 2.50 bits per heavy atom. The zero-order valence-electron chi connectivity index (χ0n) is 23.5. The van der Waals surface area contributed by atoms with Crippen molar-refractivity contribution in [2.24, 2.45) is 0 Å². The average molecular weight is 563 g/mol. The third-order valence-electron chi connectivity index (χ3n) is 7.79. The van der Waals surface area contributed by atoms with Crippen LogP contribution < -0.4 is 19.1 Å². The lowest BCUT2D eigenvalue weighted by Crippen LogP contribution is -2.46. The molecule has 4 aromatic rings. The molecular formula is C31H38N4O4S. The highest BCUT2D eigenvalue weighted by atomic mass is 32.2. The molecule has 2 aromatic carbocycles. The van der Waals surface area contributed by atoms with Gasteiger partial charge in [-0.1, -0.05) is 30.8 Å². The predicted molar refractivity (Wildman–Crippen MR) is 161 cm³/mol. The van der Waals surface area contributed by atoms with Gasteiger partial charge in [-0.25, -0.2) is 0 Å². The summed E-state index contributed by atoms with van der Waals surface area (Å²) in [5, 5.41) is 26.2. The number of fused-ring (bicyclic) bond motifs is 1. The van der Waals surface area contributed by atoms with E-state index in [2.05, 4.69) is 29.0 Å². The molecule has 1 N–H and O–H groups in total. The molecule has 3 heterocycles. The number of hydrogen-bond donors (Lipinski definition) is 1. The van der Waals surface area contributed by atoms with Crippen LogP contribution in [0.15, 0.2) is 72.0 Å². The minimum absolute atomic E-state index is 0.132. The Bertz CT molecular complexity index is 1430. The molecule has 0 aliphatic carbocycles. The quantitative estimate of drug-likeness (QED) is 0.115. The van der Waals surface area contributed by atoms with Crippen molar-refractivity contribution in [3.8, 4) is 17.4 Å². The molecule has 0 bridgehead atoms. The molecule has 1 aliphatic heterocycles. The van der Waals surface area contributed by atoms with Crippen LogP contribution in [0.1, 0.15) is 31.4 Å². The molecule has 40 heavy (non-hydrogen) atoms. The zero-order valence-corrected chi connectivity index (χ0v) is 24.3. The number of nitrogens with zero attached hydrogens (tertiary/aromatic N) is 4. The maximum atomic E-state index is 12.1. The topological polar surface area (TPSA) is 77.0 Å². The van der Waals surface area contributed by atoms with Crippen LogP contribution in [0.25, 0.3) is 10.8 Å². The van der Waals surface area contributed by atoms with E-state index in [0.717, 1.165) is 78.1 Å². The summed E-state index contributed by atoms with van der Waals surface area (Å²) in [6.07, 6.45) is 5.24. The molecule has 1 fully saturated rings. The first-order valence-electron chi connectivity index (χ1n) is 13.9. The van der Waals surface area contributed by atoms with E-state index in [-0.39, 0.29) is 11.9 Å². The SMILES string of the molecule is CCN1CCN(c2cccc3c(O)n([C@H](CCCSc4cccc[n+]4[O-])c4ccc(OC)c(OC)c4)cc23)CC1. The highest BCUT2D eigenvalue weighted by Gasteiger charge is 2.24. The Morgan fingerprint density at radius 2 is 1.77 bits per heavy atom. The Labute approximate surface area is 240 Å². The van der Waals surface area contributed by atoms with Gasteiger partial charge in [-0.05, 0) is 55.3 Å². The zero-order chi connectivity index (χ0) is 28.1. The molecule has 5 rings (SSSR count). The van der Waals surface area contributed by atoms with Gasteiger partial charge in [0, 0.05) is 66.7 Å². The minimum Gasteiger partial charge on any atom is -0.618 e. The van der Waals surface area contributed by atoms with Gasteiger partial charge in [0.2, 0.25) is 0 Å². The van der Waals surface area contributed by atoms with E-state index in [9.17, 15) is 10.3 Å². The lowest BCUT2D eigenvalue weighted by Gasteiger charge is -2.35. The van der Waals surface area contributed by atoms with Crippen molar-refractivity contribution in [3.63, 3.8) is 0 Å². The first-order chi connectivity index (χ1) is 19.5. The maximum Gasteiger partial charge on any atom is 0.251 e. The second-order valence-electron chi connectivity index (χ2n) is 10.0. The van der Waals surface area contributed by atoms with Gasteiger partial charge in [-0.3, -0.25) is 0 Å². The second kappa shape index (κ2) is 12.7. The molecule has 0 unspecified atom stereocenters. The van der Waals surface area contributed by atoms with Crippen LogP contribution >= 0.6 is 11.8 Å². The number of methoxy groups -OCH3 is 2. The molecule has 1 saturated heterocycles. The van der Waals surface area contributed by atoms with Gasteiger partial charge >= 0.3 is 0 Å². The third-order valence-corrected chi connectivity index (χ3v) is 8.89. The molecule has 0 spiro atoms. The van der Waals surface area contributed by atoms with Gasteiger partial charge < -0.3 is 34.2 Å². The van der Waals surface area contributed by atoms with Crippen LogP contribution in [0.4, 0.5) is 5.69 Å². The molecule has 1 aliphatic rings. The summed E-state index contributed by atoms with van der Waals surface area (Å²) in [6, 6.07) is 17.5. The first kappa shape index (κ1) is 28.0. The van der Waals surface area contributed by atoms with Gasteiger partial charge in [0.1, 0.15) is 0 Å². The molecule has 212 valence electrons. The van der Waals surface area contributed by atoms with Crippen molar-refractivity contribution in [1.82, 2.24) is 9.47 Å². The Morgan fingerprint density at radius 1 is 0.975 bits per heavy atom. The number of likely N-dealkylation sites (N-methyl/N-ethyl adjacent to an activating group) is 1. The number of aromatic hydroxyl groups is 1. The first-order valence-corrected chi connectivity index (χ1v) is 14.8. The van der Waals surface area contributed by atoms with Crippen LogP contribution in [0.5, 0.6) is 17.4 Å². The van der Waals surface area contributed by atoms with Gasteiger partial charge in [0.05, 0.1) is 20.3 Å². The van der Waals surface area contributed by atoms with Gasteiger partial charge in [-0.15, -0.1) is 0 Å². The number of anilines is 1. The normalized spacial score (nSPS) is 14.9. The van der Waals surface area contributed by atoms with E-state index in [4.69, 9.17) is 9.47 Å². The van der Waals surface area contributed by atoms with Crippen LogP contribution in [-0.4, -0.2) is 67.3 Å². The average Bonchev–Trinajstić information content (AvgIpc) is 3.33. The van der Waals surface area contributed by atoms with Crippen LogP contribution in [-0.2, 0) is 0 Å². The summed E-state index contributed by atoms with van der Waals surface area (Å²) < 4.78 is 14.0. The molecule has 0 radical (unpaired) electrons. The van der Waals surface area contributed by atoms with Crippen LogP contribution in [0.3, 0.4) is 0 Å². The maximum absolute atomic E-state index is 12.1. The molecule has 2 aromatic heterocycles. The third kappa shape index (κ3) is 5.81. The van der Waals surface area contributed by atoms with Crippen molar-refractivity contribution in [1.29, 1.82) is 0 Å². The van der Waals surface area contributed by atoms with E-state index < -0.39 is 0 Å². The lowest BCUT2D eigenvalue weighted by atomic mass is 10.0. The number of rotatable bonds is 11. The predicted octanol–water partition coefficient (Wildman–Crippen LogP) is 5.30. The highest BCUT2D eigenvalue weighted by Crippen LogP contribution is 2.41. The fraction of sp³-hybridized carbons (Fsp3) is 0.387. The van der Waals surface area contributed by atoms with E-state index >= 15 is 0 Å². The molecule has 1 atom stereocenters.